The second-order valence-electron chi connectivity index (χ2n) is 10.7. The fourth-order valence-corrected chi connectivity index (χ4v) is 9.28. The second-order valence-corrected chi connectivity index (χ2v) is 13.9. The molecule has 1 atom stereocenters. The fraction of sp³-hybridized carbons (Fsp3) is 1.00. The minimum atomic E-state index is -2.84. The van der Waals surface area contributed by atoms with E-state index in [2.05, 4.69) is 34.9 Å². The summed E-state index contributed by atoms with van der Waals surface area (Å²) in [6.45, 7) is 8.05. The first-order chi connectivity index (χ1) is 15.9. The normalized spacial score (nSPS) is 14.5. The summed E-state index contributed by atoms with van der Waals surface area (Å²) in [6.07, 6.45) is 23.7. The zero-order valence-corrected chi connectivity index (χ0v) is 25.1. The summed E-state index contributed by atoms with van der Waals surface area (Å²) in [6, 6.07) is 0. The number of nitrogens with zero attached hydrogens (tertiary/aromatic N) is 1. The van der Waals surface area contributed by atoms with Crippen molar-refractivity contribution < 1.29 is 17.8 Å². The third-order valence-corrected chi connectivity index (χ3v) is 12.1. The fourth-order valence-electron chi connectivity index (χ4n) is 5.87. The minimum Gasteiger partial charge on any atom is -0.373 e. The SMILES string of the molecule is CCCCCCCCCCC(CC)([N+](C)(C)CCCCCCCCCC)[Si](OC)(OC)OC. The van der Waals surface area contributed by atoms with Gasteiger partial charge in [0.15, 0.2) is 5.16 Å². The van der Waals surface area contributed by atoms with Gasteiger partial charge in [-0.1, -0.05) is 104 Å². The van der Waals surface area contributed by atoms with E-state index < -0.39 is 8.80 Å². The lowest BCUT2D eigenvalue weighted by Crippen LogP contribution is -2.76. The van der Waals surface area contributed by atoms with Gasteiger partial charge in [-0.2, -0.15) is 0 Å². The molecule has 0 amide bonds. The number of hydrogen-bond acceptors (Lipinski definition) is 3. The topological polar surface area (TPSA) is 27.7 Å². The second kappa shape index (κ2) is 19.3. The predicted octanol–water partition coefficient (Wildman–Crippen LogP) is 8.30. The lowest BCUT2D eigenvalue weighted by atomic mass is 9.99. The van der Waals surface area contributed by atoms with Crippen molar-refractivity contribution >= 4 is 8.80 Å². The molecular weight excluding hydrogens is 426 g/mol. The smallest absolute Gasteiger partial charge is 0.373 e. The molecule has 0 aliphatic heterocycles. The summed E-state index contributed by atoms with van der Waals surface area (Å²) in [5, 5.41) is -0.103. The predicted molar refractivity (Wildman–Crippen MR) is 147 cm³/mol. The van der Waals surface area contributed by atoms with Gasteiger partial charge in [0.1, 0.15) is 0 Å². The summed E-state index contributed by atoms with van der Waals surface area (Å²) in [5.74, 6) is 0. The molecule has 0 aliphatic carbocycles. The molecule has 0 N–H and O–H groups in total. The van der Waals surface area contributed by atoms with Crippen molar-refractivity contribution in [1.82, 2.24) is 0 Å². The molecule has 0 saturated heterocycles. The molecule has 33 heavy (non-hydrogen) atoms. The highest BCUT2D eigenvalue weighted by atomic mass is 28.4. The Morgan fingerprint density at radius 2 is 0.909 bits per heavy atom. The van der Waals surface area contributed by atoms with Crippen LogP contribution in [0.15, 0.2) is 0 Å². The van der Waals surface area contributed by atoms with Crippen LogP contribution in [-0.2, 0) is 13.3 Å². The molecule has 0 heterocycles. The summed E-state index contributed by atoms with van der Waals surface area (Å²) in [5.41, 5.74) is 0. The number of hydrogen-bond donors (Lipinski definition) is 0. The third kappa shape index (κ3) is 10.7. The van der Waals surface area contributed by atoms with Crippen LogP contribution in [0, 0.1) is 0 Å². The molecule has 0 fully saturated rings. The molecular formula is C28H62NO3Si+. The van der Waals surface area contributed by atoms with E-state index in [1.54, 1.807) is 21.3 Å². The van der Waals surface area contributed by atoms with Gasteiger partial charge in [0.2, 0.25) is 0 Å². The van der Waals surface area contributed by atoms with Gasteiger partial charge < -0.3 is 17.8 Å². The Hall–Kier alpha value is 0.0569. The Morgan fingerprint density at radius 3 is 1.27 bits per heavy atom. The maximum atomic E-state index is 6.16. The molecule has 0 saturated carbocycles. The lowest BCUT2D eigenvalue weighted by molar-refractivity contribution is -0.932. The van der Waals surface area contributed by atoms with E-state index in [4.69, 9.17) is 13.3 Å². The van der Waals surface area contributed by atoms with Gasteiger partial charge in [0.05, 0.1) is 20.6 Å². The van der Waals surface area contributed by atoms with Gasteiger partial charge >= 0.3 is 8.80 Å². The first kappa shape index (κ1) is 33.1. The molecule has 0 aromatic rings. The quantitative estimate of drug-likeness (QED) is 0.0776. The Bertz CT molecular complexity index is 435. The summed E-state index contributed by atoms with van der Waals surface area (Å²) < 4.78 is 19.4. The van der Waals surface area contributed by atoms with Gasteiger partial charge in [0.25, 0.3) is 0 Å². The van der Waals surface area contributed by atoms with Crippen molar-refractivity contribution in [2.75, 3.05) is 42.0 Å². The molecule has 0 spiro atoms. The Kier molecular flexibility index (Phi) is 19.3. The molecule has 0 rings (SSSR count). The first-order valence-electron chi connectivity index (χ1n) is 14.3. The van der Waals surface area contributed by atoms with E-state index in [-0.39, 0.29) is 5.16 Å². The molecule has 0 aromatic carbocycles. The van der Waals surface area contributed by atoms with E-state index in [0.29, 0.717) is 0 Å². The zero-order valence-electron chi connectivity index (χ0n) is 24.1. The zero-order chi connectivity index (χ0) is 25.1. The van der Waals surface area contributed by atoms with Crippen molar-refractivity contribution in [2.24, 2.45) is 0 Å². The average molecular weight is 489 g/mol. The molecule has 0 bridgehead atoms. The van der Waals surface area contributed by atoms with Crippen molar-refractivity contribution in [3.05, 3.63) is 0 Å². The largest absolute Gasteiger partial charge is 0.565 e. The van der Waals surface area contributed by atoms with Crippen LogP contribution in [0.25, 0.3) is 0 Å². The molecule has 200 valence electrons. The van der Waals surface area contributed by atoms with E-state index in [0.717, 1.165) is 23.9 Å². The number of unbranched alkanes of at least 4 members (excludes halogenated alkanes) is 14. The number of quaternary nitrogens is 1. The van der Waals surface area contributed by atoms with Crippen LogP contribution < -0.4 is 0 Å². The van der Waals surface area contributed by atoms with E-state index >= 15 is 0 Å². The average Bonchev–Trinajstić information content (AvgIpc) is 2.82. The Morgan fingerprint density at radius 1 is 0.545 bits per heavy atom. The van der Waals surface area contributed by atoms with Gasteiger partial charge in [-0.15, -0.1) is 0 Å². The van der Waals surface area contributed by atoms with Crippen LogP contribution in [-0.4, -0.2) is 60.4 Å². The molecule has 4 nitrogen and oxygen atoms in total. The Balaban J connectivity index is 5.04. The molecule has 1 unspecified atom stereocenters. The maximum Gasteiger partial charge on any atom is 0.565 e. The van der Waals surface area contributed by atoms with Gasteiger partial charge in [0, 0.05) is 34.2 Å². The van der Waals surface area contributed by atoms with Crippen LogP contribution in [0.5, 0.6) is 0 Å². The Labute approximate surface area is 210 Å². The van der Waals surface area contributed by atoms with Crippen LogP contribution in [0.1, 0.15) is 136 Å². The van der Waals surface area contributed by atoms with Crippen LogP contribution >= 0.6 is 0 Å². The van der Waals surface area contributed by atoms with E-state index in [1.165, 1.54) is 103 Å². The molecule has 0 aromatic heterocycles. The summed E-state index contributed by atoms with van der Waals surface area (Å²) in [4.78, 5) is 0. The van der Waals surface area contributed by atoms with Crippen LogP contribution in [0.2, 0.25) is 0 Å². The molecule has 0 aliphatic rings. The van der Waals surface area contributed by atoms with E-state index in [1.807, 2.05) is 0 Å². The van der Waals surface area contributed by atoms with Crippen molar-refractivity contribution in [2.45, 2.75) is 142 Å². The van der Waals surface area contributed by atoms with E-state index in [9.17, 15) is 0 Å². The summed E-state index contributed by atoms with van der Waals surface area (Å²) >= 11 is 0. The van der Waals surface area contributed by atoms with Gasteiger partial charge in [-0.25, -0.2) is 0 Å². The standard InChI is InChI=1S/C28H62NO3Si/c1-9-12-14-16-18-20-22-24-26-28(11-3,33(30-6,31-7)32-8)29(4,5)27-25-23-21-19-17-15-13-10-2/h9-27H2,1-8H3/q+1. The first-order valence-corrected chi connectivity index (χ1v) is 16.1. The minimum absolute atomic E-state index is 0.103. The highest BCUT2D eigenvalue weighted by Crippen LogP contribution is 2.41. The molecule has 5 heteroatoms. The monoisotopic (exact) mass is 488 g/mol. The summed E-state index contributed by atoms with van der Waals surface area (Å²) in [7, 11) is 7.36. The lowest BCUT2D eigenvalue weighted by Gasteiger charge is -2.53. The highest BCUT2D eigenvalue weighted by Gasteiger charge is 2.67. The van der Waals surface area contributed by atoms with Crippen LogP contribution in [0.4, 0.5) is 0 Å². The highest BCUT2D eigenvalue weighted by molar-refractivity contribution is 6.63. The van der Waals surface area contributed by atoms with Gasteiger partial charge in [-0.3, -0.25) is 0 Å². The van der Waals surface area contributed by atoms with Crippen molar-refractivity contribution in [1.29, 1.82) is 0 Å². The number of rotatable bonds is 24. The van der Waals surface area contributed by atoms with Gasteiger partial charge in [-0.05, 0) is 19.3 Å². The maximum absolute atomic E-state index is 6.16. The van der Waals surface area contributed by atoms with Crippen molar-refractivity contribution in [3.63, 3.8) is 0 Å². The molecule has 0 radical (unpaired) electrons. The third-order valence-electron chi connectivity index (χ3n) is 8.13. The van der Waals surface area contributed by atoms with Crippen molar-refractivity contribution in [3.8, 4) is 0 Å². The van der Waals surface area contributed by atoms with Crippen LogP contribution in [0.3, 0.4) is 0 Å².